The first-order valence-corrected chi connectivity index (χ1v) is 18.7. The molecule has 2 heterocycles. The molecule has 5 heteroatoms. The number of likely N-dealkylation sites (tertiary alicyclic amines) is 1. The zero-order valence-electron chi connectivity index (χ0n) is 15.3. The molecule has 0 spiro atoms. The van der Waals surface area contributed by atoms with E-state index in [1.54, 1.807) is 18.3 Å². The summed E-state index contributed by atoms with van der Waals surface area (Å²) in [6, 6.07) is 7.41. The van der Waals surface area contributed by atoms with Crippen molar-refractivity contribution in [2.75, 3.05) is 6.54 Å². The normalized spacial score (nSPS) is 18.0. The number of aromatic nitrogens is 1. The summed E-state index contributed by atoms with van der Waals surface area (Å²) in [5, 5.41) is 0. The molecular formula is C20H25FN2OSn. The van der Waals surface area contributed by atoms with Gasteiger partial charge in [-0.05, 0) is 0 Å². The monoisotopic (exact) mass is 448 g/mol. The molecule has 1 fully saturated rings. The van der Waals surface area contributed by atoms with Gasteiger partial charge in [0.05, 0.1) is 0 Å². The second kappa shape index (κ2) is 7.06. The van der Waals surface area contributed by atoms with Gasteiger partial charge in [-0.15, -0.1) is 0 Å². The van der Waals surface area contributed by atoms with E-state index >= 15 is 0 Å². The summed E-state index contributed by atoms with van der Waals surface area (Å²) in [5.41, 5.74) is 3.19. The van der Waals surface area contributed by atoms with Gasteiger partial charge in [0.25, 0.3) is 0 Å². The second-order valence-electron chi connectivity index (χ2n) is 8.00. The van der Waals surface area contributed by atoms with Crippen molar-refractivity contribution >= 4 is 27.9 Å². The first-order chi connectivity index (χ1) is 11.7. The van der Waals surface area contributed by atoms with Crippen LogP contribution in [0.1, 0.15) is 29.0 Å². The number of amides is 1. The molecule has 3 rings (SSSR count). The predicted octanol–water partition coefficient (Wildman–Crippen LogP) is 3.59. The minimum atomic E-state index is -2.35. The van der Waals surface area contributed by atoms with E-state index < -0.39 is 18.4 Å². The number of aryl methyl sites for hydroxylation is 1. The van der Waals surface area contributed by atoms with E-state index in [1.165, 1.54) is 3.58 Å². The second-order valence-corrected chi connectivity index (χ2v) is 22.5. The van der Waals surface area contributed by atoms with Crippen LogP contribution in [0.25, 0.3) is 0 Å². The quantitative estimate of drug-likeness (QED) is 0.672. The molecule has 0 bridgehead atoms. The van der Waals surface area contributed by atoms with Gasteiger partial charge in [-0.25, -0.2) is 0 Å². The van der Waals surface area contributed by atoms with E-state index in [2.05, 4.69) is 25.9 Å². The Labute approximate surface area is 153 Å². The molecule has 2 aromatic rings. The van der Waals surface area contributed by atoms with E-state index in [0.717, 1.165) is 16.7 Å². The fraction of sp³-hybridized carbons (Fsp3) is 0.400. The summed E-state index contributed by atoms with van der Waals surface area (Å²) in [6.07, 6.45) is 4.05. The number of hydrogen-bond acceptors (Lipinski definition) is 2. The summed E-state index contributed by atoms with van der Waals surface area (Å²) >= 11 is -2.35. The van der Waals surface area contributed by atoms with Gasteiger partial charge in [-0.2, -0.15) is 0 Å². The van der Waals surface area contributed by atoms with E-state index in [-0.39, 0.29) is 17.6 Å². The summed E-state index contributed by atoms with van der Waals surface area (Å²) in [4.78, 5) is 25.3. The number of halogens is 1. The van der Waals surface area contributed by atoms with Crippen molar-refractivity contribution in [3.05, 3.63) is 59.2 Å². The average molecular weight is 447 g/mol. The molecule has 1 atom stereocenters. The Morgan fingerprint density at radius 1 is 1.28 bits per heavy atom. The average Bonchev–Trinajstić information content (AvgIpc) is 2.89. The van der Waals surface area contributed by atoms with Crippen molar-refractivity contribution in [1.82, 2.24) is 9.88 Å². The van der Waals surface area contributed by atoms with Crippen LogP contribution in [-0.2, 0) is 11.3 Å². The van der Waals surface area contributed by atoms with Gasteiger partial charge >= 0.3 is 153 Å². The predicted molar refractivity (Wildman–Crippen MR) is 101 cm³/mol. The SMILES string of the molecule is Cc1cnccc1CN1CC(c2cc(F)c[c]([Sn]([CH3])([CH3])[CH3])c2)CC1=O. The third kappa shape index (κ3) is 4.22. The van der Waals surface area contributed by atoms with Gasteiger partial charge in [0.15, 0.2) is 0 Å². The van der Waals surface area contributed by atoms with Crippen LogP contribution in [0.5, 0.6) is 0 Å². The summed E-state index contributed by atoms with van der Waals surface area (Å²) in [6.45, 7) is 3.27. The Morgan fingerprint density at radius 2 is 2.04 bits per heavy atom. The van der Waals surface area contributed by atoms with E-state index in [0.29, 0.717) is 19.5 Å². The third-order valence-corrected chi connectivity index (χ3v) is 10.7. The van der Waals surface area contributed by atoms with Crippen molar-refractivity contribution in [2.45, 2.75) is 40.6 Å². The van der Waals surface area contributed by atoms with Crippen molar-refractivity contribution < 1.29 is 9.18 Å². The molecule has 3 nitrogen and oxygen atoms in total. The zero-order valence-corrected chi connectivity index (χ0v) is 18.2. The zero-order chi connectivity index (χ0) is 18.2. The van der Waals surface area contributed by atoms with Gasteiger partial charge < -0.3 is 0 Å². The van der Waals surface area contributed by atoms with Crippen molar-refractivity contribution in [1.29, 1.82) is 0 Å². The molecule has 1 aromatic carbocycles. The number of carbonyl (C=O) groups excluding carboxylic acids is 1. The van der Waals surface area contributed by atoms with Crippen molar-refractivity contribution in [2.24, 2.45) is 0 Å². The van der Waals surface area contributed by atoms with Crippen LogP contribution < -0.4 is 3.58 Å². The fourth-order valence-corrected chi connectivity index (χ4v) is 6.66. The molecule has 0 aliphatic carbocycles. The Morgan fingerprint density at radius 3 is 2.72 bits per heavy atom. The van der Waals surface area contributed by atoms with Crippen LogP contribution in [0.4, 0.5) is 4.39 Å². The molecule has 0 N–H and O–H groups in total. The van der Waals surface area contributed by atoms with Gasteiger partial charge in [0, 0.05) is 0 Å². The van der Waals surface area contributed by atoms with Crippen LogP contribution in [0.3, 0.4) is 0 Å². The topological polar surface area (TPSA) is 33.2 Å². The minimum absolute atomic E-state index is 0.0812. The number of hydrogen-bond donors (Lipinski definition) is 0. The molecule has 1 unspecified atom stereocenters. The molecule has 0 radical (unpaired) electrons. The van der Waals surface area contributed by atoms with Gasteiger partial charge in [-0.1, -0.05) is 0 Å². The number of nitrogens with zero attached hydrogens (tertiary/aromatic N) is 2. The number of carbonyl (C=O) groups is 1. The number of benzene rings is 1. The maximum absolute atomic E-state index is 14.1. The Balaban J connectivity index is 1.81. The molecule has 1 aliphatic rings. The maximum atomic E-state index is 14.1. The van der Waals surface area contributed by atoms with Crippen molar-refractivity contribution in [3.8, 4) is 0 Å². The molecule has 1 amide bonds. The van der Waals surface area contributed by atoms with Gasteiger partial charge in [0.1, 0.15) is 0 Å². The molecule has 1 aromatic heterocycles. The number of pyridine rings is 1. The van der Waals surface area contributed by atoms with Gasteiger partial charge in [-0.3, -0.25) is 0 Å². The van der Waals surface area contributed by atoms with Crippen LogP contribution in [0, 0.1) is 12.7 Å². The first-order valence-electron chi connectivity index (χ1n) is 8.72. The Kier molecular flexibility index (Phi) is 5.18. The van der Waals surface area contributed by atoms with Crippen LogP contribution in [0.15, 0.2) is 36.7 Å². The molecule has 1 saturated heterocycles. The molecule has 1 aliphatic heterocycles. The van der Waals surface area contributed by atoms with Crippen LogP contribution >= 0.6 is 0 Å². The van der Waals surface area contributed by atoms with Crippen LogP contribution in [-0.4, -0.2) is 40.7 Å². The standard InChI is InChI=1S/C17H16FN2O.3CH3.Sn/c1-12-9-19-6-5-14(12)10-20-11-15(8-17(20)21)13-3-2-4-16(18)7-13;;;;/h3-7,9,15H,8,10-11H2,1H3;3*1H3;. The third-order valence-electron chi connectivity index (χ3n) is 4.97. The fourth-order valence-electron chi connectivity index (χ4n) is 3.31. The summed E-state index contributed by atoms with van der Waals surface area (Å²) in [7, 11) is 0. The molecular weight excluding hydrogens is 422 g/mol. The Bertz CT molecular complexity index is 801. The van der Waals surface area contributed by atoms with E-state index in [1.807, 2.05) is 24.1 Å². The Hall–Kier alpha value is -1.43. The van der Waals surface area contributed by atoms with Crippen LogP contribution in [0.2, 0.25) is 14.8 Å². The van der Waals surface area contributed by atoms with Gasteiger partial charge in [0.2, 0.25) is 0 Å². The first kappa shape index (κ1) is 18.4. The molecule has 0 saturated carbocycles. The summed E-state index contributed by atoms with van der Waals surface area (Å²) < 4.78 is 15.3. The molecule has 132 valence electrons. The summed E-state index contributed by atoms with van der Waals surface area (Å²) in [5.74, 6) is 0.0547. The molecule has 25 heavy (non-hydrogen) atoms. The number of rotatable bonds is 4. The van der Waals surface area contributed by atoms with E-state index in [9.17, 15) is 9.18 Å². The van der Waals surface area contributed by atoms with Crippen molar-refractivity contribution in [3.63, 3.8) is 0 Å². The van der Waals surface area contributed by atoms with E-state index in [4.69, 9.17) is 0 Å².